The van der Waals surface area contributed by atoms with E-state index < -0.39 is 0 Å². The van der Waals surface area contributed by atoms with Crippen LogP contribution in [0.3, 0.4) is 0 Å². The number of benzene rings is 1. The number of rotatable bonds is 5. The van der Waals surface area contributed by atoms with Crippen molar-refractivity contribution >= 4 is 0 Å². The average molecular weight is 274 g/mol. The maximum Gasteiger partial charge on any atom is 0.122 e. The fourth-order valence-corrected chi connectivity index (χ4v) is 3.29. The van der Waals surface area contributed by atoms with Gasteiger partial charge in [-0.05, 0) is 62.5 Å². The van der Waals surface area contributed by atoms with Crippen LogP contribution in [0.2, 0.25) is 0 Å². The maximum atomic E-state index is 6.04. The van der Waals surface area contributed by atoms with Gasteiger partial charge < -0.3 is 15.0 Å². The van der Waals surface area contributed by atoms with Gasteiger partial charge in [-0.15, -0.1) is 0 Å². The minimum absolute atomic E-state index is 0.848. The van der Waals surface area contributed by atoms with Crippen LogP contribution in [0.15, 0.2) is 18.2 Å². The molecular formula is C17H26N2O. The van der Waals surface area contributed by atoms with Crippen molar-refractivity contribution in [1.29, 1.82) is 0 Å². The van der Waals surface area contributed by atoms with Gasteiger partial charge in [-0.1, -0.05) is 18.6 Å². The lowest BCUT2D eigenvalue weighted by atomic mass is 10.0. The molecule has 0 aliphatic carbocycles. The second kappa shape index (κ2) is 7.09. The van der Waals surface area contributed by atoms with Crippen LogP contribution < -0.4 is 10.1 Å². The van der Waals surface area contributed by atoms with E-state index in [4.69, 9.17) is 4.74 Å². The molecule has 20 heavy (non-hydrogen) atoms. The van der Waals surface area contributed by atoms with E-state index in [2.05, 4.69) is 28.4 Å². The number of nitrogens with zero attached hydrogens (tertiary/aromatic N) is 1. The molecule has 0 atom stereocenters. The molecule has 0 aromatic heterocycles. The normalized spacial score (nSPS) is 19.6. The molecule has 2 aliphatic heterocycles. The van der Waals surface area contributed by atoms with E-state index in [9.17, 15) is 0 Å². The Morgan fingerprint density at radius 2 is 2.05 bits per heavy atom. The lowest BCUT2D eigenvalue weighted by Gasteiger charge is -2.26. The standard InChI is InChI=1S/C17H26N2O/c1-2-10-19(11-3-1)12-5-13-20-17-7-4-6-15-14-18-9-8-16(15)17/h4,6-7,18H,1-3,5,8-14H2. The average Bonchev–Trinajstić information content (AvgIpc) is 2.53. The molecular weight excluding hydrogens is 248 g/mol. The number of ether oxygens (including phenoxy) is 1. The first-order valence-corrected chi connectivity index (χ1v) is 8.10. The lowest BCUT2D eigenvalue weighted by molar-refractivity contribution is 0.204. The molecule has 3 rings (SSSR count). The zero-order valence-electron chi connectivity index (χ0n) is 12.4. The smallest absolute Gasteiger partial charge is 0.122 e. The van der Waals surface area contributed by atoms with Gasteiger partial charge >= 0.3 is 0 Å². The van der Waals surface area contributed by atoms with Crippen LogP contribution in [-0.4, -0.2) is 37.7 Å². The third-order valence-corrected chi connectivity index (χ3v) is 4.42. The van der Waals surface area contributed by atoms with Gasteiger partial charge in [0.05, 0.1) is 6.61 Å². The highest BCUT2D eigenvalue weighted by Gasteiger charge is 2.13. The van der Waals surface area contributed by atoms with Gasteiger partial charge in [0.1, 0.15) is 5.75 Å². The molecule has 1 saturated heterocycles. The van der Waals surface area contributed by atoms with E-state index in [-0.39, 0.29) is 0 Å². The number of nitrogens with one attached hydrogen (secondary N) is 1. The van der Waals surface area contributed by atoms with E-state index >= 15 is 0 Å². The Morgan fingerprint density at radius 3 is 2.95 bits per heavy atom. The van der Waals surface area contributed by atoms with Gasteiger partial charge in [0.25, 0.3) is 0 Å². The van der Waals surface area contributed by atoms with Crippen LogP contribution >= 0.6 is 0 Å². The molecule has 0 amide bonds. The van der Waals surface area contributed by atoms with E-state index in [0.717, 1.165) is 38.3 Å². The number of piperidine rings is 1. The number of hydrogen-bond donors (Lipinski definition) is 1. The molecule has 2 heterocycles. The Morgan fingerprint density at radius 1 is 1.15 bits per heavy atom. The summed E-state index contributed by atoms with van der Waals surface area (Å²) in [4.78, 5) is 2.58. The van der Waals surface area contributed by atoms with Gasteiger partial charge in [-0.3, -0.25) is 0 Å². The maximum absolute atomic E-state index is 6.04. The first-order chi connectivity index (χ1) is 9.93. The Kier molecular flexibility index (Phi) is 4.93. The molecule has 0 radical (unpaired) electrons. The summed E-state index contributed by atoms with van der Waals surface area (Å²) in [5.41, 5.74) is 2.83. The van der Waals surface area contributed by atoms with E-state index in [1.165, 1.54) is 50.0 Å². The molecule has 1 aromatic carbocycles. The summed E-state index contributed by atoms with van der Waals surface area (Å²) in [5, 5.41) is 3.42. The van der Waals surface area contributed by atoms with Gasteiger partial charge in [-0.25, -0.2) is 0 Å². The topological polar surface area (TPSA) is 24.5 Å². The molecule has 110 valence electrons. The third kappa shape index (κ3) is 3.53. The van der Waals surface area contributed by atoms with Crippen molar-refractivity contribution in [3.63, 3.8) is 0 Å². The number of fused-ring (bicyclic) bond motifs is 1. The fourth-order valence-electron chi connectivity index (χ4n) is 3.29. The van der Waals surface area contributed by atoms with Crippen molar-refractivity contribution in [1.82, 2.24) is 10.2 Å². The van der Waals surface area contributed by atoms with Crippen molar-refractivity contribution in [2.24, 2.45) is 0 Å². The van der Waals surface area contributed by atoms with Crippen molar-refractivity contribution in [3.05, 3.63) is 29.3 Å². The second-order valence-electron chi connectivity index (χ2n) is 5.92. The van der Waals surface area contributed by atoms with Crippen LogP contribution in [0.25, 0.3) is 0 Å². The molecule has 1 fully saturated rings. The van der Waals surface area contributed by atoms with E-state index in [1.54, 1.807) is 0 Å². The Labute approximate surface area is 122 Å². The summed E-state index contributed by atoms with van der Waals surface area (Å²) in [5.74, 6) is 1.11. The summed E-state index contributed by atoms with van der Waals surface area (Å²) in [6, 6.07) is 6.46. The molecule has 1 N–H and O–H groups in total. The van der Waals surface area contributed by atoms with Crippen molar-refractivity contribution in [2.75, 3.05) is 32.8 Å². The zero-order chi connectivity index (χ0) is 13.6. The molecule has 3 nitrogen and oxygen atoms in total. The van der Waals surface area contributed by atoms with E-state index in [0.29, 0.717) is 0 Å². The summed E-state index contributed by atoms with van der Waals surface area (Å²) in [7, 11) is 0. The lowest BCUT2D eigenvalue weighted by Crippen LogP contribution is -2.31. The van der Waals surface area contributed by atoms with Gasteiger partial charge in [0, 0.05) is 13.1 Å². The van der Waals surface area contributed by atoms with Crippen LogP contribution in [0.5, 0.6) is 5.75 Å². The molecule has 3 heteroatoms. The summed E-state index contributed by atoms with van der Waals surface area (Å²) < 4.78 is 6.04. The van der Waals surface area contributed by atoms with Gasteiger partial charge in [0.15, 0.2) is 0 Å². The highest BCUT2D eigenvalue weighted by molar-refractivity contribution is 5.41. The van der Waals surface area contributed by atoms with Gasteiger partial charge in [-0.2, -0.15) is 0 Å². The van der Waals surface area contributed by atoms with Crippen LogP contribution in [0.4, 0.5) is 0 Å². The molecule has 0 unspecified atom stereocenters. The van der Waals surface area contributed by atoms with Crippen LogP contribution in [0, 0.1) is 0 Å². The Balaban J connectivity index is 1.46. The predicted molar refractivity (Wildman–Crippen MR) is 82.3 cm³/mol. The minimum atomic E-state index is 0.848. The predicted octanol–water partition coefficient (Wildman–Crippen LogP) is 2.59. The monoisotopic (exact) mass is 274 g/mol. The molecule has 1 aromatic rings. The van der Waals surface area contributed by atoms with Gasteiger partial charge in [0.2, 0.25) is 0 Å². The Hall–Kier alpha value is -1.06. The highest BCUT2D eigenvalue weighted by atomic mass is 16.5. The minimum Gasteiger partial charge on any atom is -0.493 e. The highest BCUT2D eigenvalue weighted by Crippen LogP contribution is 2.25. The molecule has 0 spiro atoms. The fraction of sp³-hybridized carbons (Fsp3) is 0.647. The SMILES string of the molecule is c1cc2c(c(OCCCN3CCCCC3)c1)CCNC2. The first-order valence-electron chi connectivity index (χ1n) is 8.10. The summed E-state index contributed by atoms with van der Waals surface area (Å²) >= 11 is 0. The third-order valence-electron chi connectivity index (χ3n) is 4.42. The number of likely N-dealkylation sites (tertiary alicyclic amines) is 1. The number of hydrogen-bond acceptors (Lipinski definition) is 3. The molecule has 0 bridgehead atoms. The quantitative estimate of drug-likeness (QED) is 0.835. The van der Waals surface area contributed by atoms with Crippen molar-refractivity contribution in [3.8, 4) is 5.75 Å². The molecule has 0 saturated carbocycles. The second-order valence-corrected chi connectivity index (χ2v) is 5.92. The van der Waals surface area contributed by atoms with Crippen molar-refractivity contribution < 1.29 is 4.74 Å². The molecule has 2 aliphatic rings. The zero-order valence-corrected chi connectivity index (χ0v) is 12.4. The van der Waals surface area contributed by atoms with Crippen LogP contribution in [0.1, 0.15) is 36.8 Å². The first kappa shape index (κ1) is 13.9. The summed E-state index contributed by atoms with van der Waals surface area (Å²) in [6.07, 6.45) is 6.40. The van der Waals surface area contributed by atoms with E-state index in [1.807, 2.05) is 0 Å². The van der Waals surface area contributed by atoms with Crippen LogP contribution in [-0.2, 0) is 13.0 Å². The largest absolute Gasteiger partial charge is 0.493 e. The summed E-state index contributed by atoms with van der Waals surface area (Å²) in [6.45, 7) is 6.66. The Bertz CT molecular complexity index is 427. The van der Waals surface area contributed by atoms with Crippen molar-refractivity contribution in [2.45, 2.75) is 38.6 Å².